The molecular formula is C11H11N3O5S. The van der Waals surface area contributed by atoms with E-state index in [1.165, 1.54) is 31.6 Å². The first-order valence-corrected chi connectivity index (χ1v) is 6.86. The van der Waals surface area contributed by atoms with Crippen LogP contribution in [0.5, 0.6) is 5.75 Å². The molecule has 106 valence electrons. The highest BCUT2D eigenvalue weighted by atomic mass is 32.2. The van der Waals surface area contributed by atoms with Gasteiger partial charge in [0.15, 0.2) is 0 Å². The molecule has 0 atom stereocenters. The number of carboxylic acids is 1. The fourth-order valence-corrected chi connectivity index (χ4v) is 2.70. The number of carbonyl (C=O) groups is 1. The smallest absolute Gasteiger partial charge is 0.335 e. The monoisotopic (exact) mass is 297 g/mol. The van der Waals surface area contributed by atoms with E-state index >= 15 is 0 Å². The number of aromatic nitrogens is 2. The van der Waals surface area contributed by atoms with Gasteiger partial charge in [-0.15, -0.1) is 0 Å². The average Bonchev–Trinajstić information content (AvgIpc) is 2.90. The van der Waals surface area contributed by atoms with E-state index in [2.05, 4.69) is 14.7 Å². The number of imidazole rings is 1. The van der Waals surface area contributed by atoms with Gasteiger partial charge >= 0.3 is 5.97 Å². The standard InChI is InChI=1S/C11H11N3O5S/c1-19-8-3-2-7(10(15)16)6-9(8)20(17,18)14-11-12-4-5-13-11/h2-6H,1H3,(H,15,16)(H2,12,13,14). The number of sulfonamides is 1. The Kier molecular flexibility index (Phi) is 3.61. The lowest BCUT2D eigenvalue weighted by molar-refractivity contribution is 0.0696. The molecule has 20 heavy (non-hydrogen) atoms. The SMILES string of the molecule is COc1ccc(C(=O)O)cc1S(=O)(=O)Nc1ncc[nH]1. The zero-order chi connectivity index (χ0) is 14.8. The topological polar surface area (TPSA) is 121 Å². The average molecular weight is 297 g/mol. The second-order valence-electron chi connectivity index (χ2n) is 3.71. The highest BCUT2D eigenvalue weighted by molar-refractivity contribution is 7.92. The summed E-state index contributed by atoms with van der Waals surface area (Å²) in [5, 5.41) is 8.92. The van der Waals surface area contributed by atoms with E-state index in [0.717, 1.165) is 6.07 Å². The molecule has 0 saturated heterocycles. The number of aromatic carboxylic acids is 1. The number of carboxylic acid groups (broad SMARTS) is 1. The molecule has 1 aromatic carbocycles. The molecule has 0 bridgehead atoms. The van der Waals surface area contributed by atoms with Gasteiger partial charge in [0.2, 0.25) is 5.95 Å². The van der Waals surface area contributed by atoms with Crippen molar-refractivity contribution >= 4 is 21.9 Å². The highest BCUT2D eigenvalue weighted by Crippen LogP contribution is 2.26. The molecule has 9 heteroatoms. The van der Waals surface area contributed by atoms with Gasteiger partial charge in [-0.2, -0.15) is 0 Å². The summed E-state index contributed by atoms with van der Waals surface area (Å²) >= 11 is 0. The third-order valence-electron chi connectivity index (χ3n) is 2.43. The van der Waals surface area contributed by atoms with Crippen molar-refractivity contribution in [1.82, 2.24) is 9.97 Å². The number of hydrogen-bond acceptors (Lipinski definition) is 5. The fourth-order valence-electron chi connectivity index (χ4n) is 1.52. The van der Waals surface area contributed by atoms with Crippen molar-refractivity contribution < 1.29 is 23.1 Å². The molecule has 0 saturated carbocycles. The van der Waals surface area contributed by atoms with Crippen molar-refractivity contribution in [2.24, 2.45) is 0 Å². The fraction of sp³-hybridized carbons (Fsp3) is 0.0909. The molecule has 2 rings (SSSR count). The predicted molar refractivity (Wildman–Crippen MR) is 69.3 cm³/mol. The molecule has 1 heterocycles. The van der Waals surface area contributed by atoms with Crippen LogP contribution in [0.4, 0.5) is 5.95 Å². The summed E-state index contributed by atoms with van der Waals surface area (Å²) in [6.07, 6.45) is 2.82. The van der Waals surface area contributed by atoms with Gasteiger partial charge in [-0.1, -0.05) is 0 Å². The van der Waals surface area contributed by atoms with Crippen LogP contribution in [0.25, 0.3) is 0 Å². The van der Waals surface area contributed by atoms with Crippen molar-refractivity contribution in [2.75, 3.05) is 11.8 Å². The molecule has 0 aliphatic carbocycles. The quantitative estimate of drug-likeness (QED) is 0.754. The molecule has 0 aliphatic rings. The molecule has 1 aromatic heterocycles. The molecule has 0 fully saturated rings. The highest BCUT2D eigenvalue weighted by Gasteiger charge is 2.22. The number of rotatable bonds is 5. The van der Waals surface area contributed by atoms with E-state index in [1.54, 1.807) is 0 Å². The number of anilines is 1. The van der Waals surface area contributed by atoms with Gasteiger partial charge in [0, 0.05) is 12.4 Å². The number of nitrogens with zero attached hydrogens (tertiary/aromatic N) is 1. The minimum Gasteiger partial charge on any atom is -0.495 e. The Morgan fingerprint density at radius 1 is 1.45 bits per heavy atom. The van der Waals surface area contributed by atoms with Crippen LogP contribution in [0, 0.1) is 0 Å². The Morgan fingerprint density at radius 2 is 2.20 bits per heavy atom. The molecule has 0 aliphatic heterocycles. The Hall–Kier alpha value is -2.55. The van der Waals surface area contributed by atoms with Crippen LogP contribution in [0.3, 0.4) is 0 Å². The number of hydrogen-bond donors (Lipinski definition) is 3. The molecular weight excluding hydrogens is 286 g/mol. The molecule has 0 spiro atoms. The predicted octanol–water partition coefficient (Wildman–Crippen LogP) is 0.917. The second-order valence-corrected chi connectivity index (χ2v) is 5.36. The van der Waals surface area contributed by atoms with E-state index in [9.17, 15) is 13.2 Å². The summed E-state index contributed by atoms with van der Waals surface area (Å²) in [5.74, 6) is -1.18. The zero-order valence-corrected chi connectivity index (χ0v) is 11.1. The number of nitrogens with one attached hydrogen (secondary N) is 2. The van der Waals surface area contributed by atoms with Gasteiger partial charge in [-0.05, 0) is 18.2 Å². The van der Waals surface area contributed by atoms with Crippen LogP contribution in [0.2, 0.25) is 0 Å². The minimum absolute atomic E-state index is 0.0211. The summed E-state index contributed by atoms with van der Waals surface area (Å²) in [7, 11) is -2.72. The summed E-state index contributed by atoms with van der Waals surface area (Å²) < 4.78 is 31.6. The van der Waals surface area contributed by atoms with Crippen LogP contribution < -0.4 is 9.46 Å². The Morgan fingerprint density at radius 3 is 2.75 bits per heavy atom. The first-order chi connectivity index (χ1) is 9.44. The van der Waals surface area contributed by atoms with Crippen molar-refractivity contribution in [3.8, 4) is 5.75 Å². The lowest BCUT2D eigenvalue weighted by atomic mass is 10.2. The first kappa shape index (κ1) is 13.9. The molecule has 0 amide bonds. The van der Waals surface area contributed by atoms with Gasteiger partial charge in [0.25, 0.3) is 10.0 Å². The summed E-state index contributed by atoms with van der Waals surface area (Å²) in [4.78, 5) is 17.0. The van der Waals surface area contributed by atoms with Crippen LogP contribution in [-0.2, 0) is 10.0 Å². The Balaban J connectivity index is 2.48. The lowest BCUT2D eigenvalue weighted by Gasteiger charge is -2.10. The summed E-state index contributed by atoms with van der Waals surface area (Å²) in [5.41, 5.74) is -0.161. The van der Waals surface area contributed by atoms with Gasteiger partial charge in [0.1, 0.15) is 10.6 Å². The van der Waals surface area contributed by atoms with Crippen LogP contribution in [0.1, 0.15) is 10.4 Å². The van der Waals surface area contributed by atoms with E-state index in [-0.39, 0.29) is 22.2 Å². The minimum atomic E-state index is -4.01. The molecule has 3 N–H and O–H groups in total. The summed E-state index contributed by atoms with van der Waals surface area (Å²) in [6, 6.07) is 3.56. The largest absolute Gasteiger partial charge is 0.495 e. The number of benzene rings is 1. The second kappa shape index (κ2) is 5.21. The summed E-state index contributed by atoms with van der Waals surface area (Å²) in [6.45, 7) is 0. The zero-order valence-electron chi connectivity index (χ0n) is 10.3. The third-order valence-corrected chi connectivity index (χ3v) is 3.79. The lowest BCUT2D eigenvalue weighted by Crippen LogP contribution is -2.15. The molecule has 0 unspecified atom stereocenters. The van der Waals surface area contributed by atoms with Gasteiger partial charge < -0.3 is 14.8 Å². The third kappa shape index (κ3) is 2.72. The van der Waals surface area contributed by atoms with Crippen LogP contribution >= 0.6 is 0 Å². The van der Waals surface area contributed by atoms with Crippen molar-refractivity contribution in [3.05, 3.63) is 36.2 Å². The van der Waals surface area contributed by atoms with E-state index in [4.69, 9.17) is 9.84 Å². The number of aromatic amines is 1. The maximum absolute atomic E-state index is 12.2. The normalized spacial score (nSPS) is 11.1. The molecule has 2 aromatic rings. The van der Waals surface area contributed by atoms with Crippen molar-refractivity contribution in [2.45, 2.75) is 4.90 Å². The van der Waals surface area contributed by atoms with E-state index in [0.29, 0.717) is 0 Å². The number of methoxy groups -OCH3 is 1. The van der Waals surface area contributed by atoms with Crippen LogP contribution in [0.15, 0.2) is 35.5 Å². The molecule has 8 nitrogen and oxygen atoms in total. The Labute approximate surface area is 114 Å². The van der Waals surface area contributed by atoms with Crippen LogP contribution in [-0.4, -0.2) is 36.6 Å². The van der Waals surface area contributed by atoms with Gasteiger partial charge in [-0.3, -0.25) is 0 Å². The van der Waals surface area contributed by atoms with E-state index < -0.39 is 16.0 Å². The number of ether oxygens (including phenoxy) is 1. The Bertz CT molecular complexity index is 725. The van der Waals surface area contributed by atoms with E-state index in [1.807, 2.05) is 0 Å². The maximum atomic E-state index is 12.2. The van der Waals surface area contributed by atoms with Crippen molar-refractivity contribution in [3.63, 3.8) is 0 Å². The van der Waals surface area contributed by atoms with Crippen molar-refractivity contribution in [1.29, 1.82) is 0 Å². The first-order valence-electron chi connectivity index (χ1n) is 5.37. The van der Waals surface area contributed by atoms with Gasteiger partial charge in [0.05, 0.1) is 12.7 Å². The molecule has 0 radical (unpaired) electrons. The number of H-pyrrole nitrogens is 1. The maximum Gasteiger partial charge on any atom is 0.335 e. The van der Waals surface area contributed by atoms with Gasteiger partial charge in [-0.25, -0.2) is 22.9 Å².